The molecule has 0 aliphatic carbocycles. The molecule has 0 aliphatic heterocycles. The molecule has 0 spiro atoms. The second-order valence-electron chi connectivity index (χ2n) is 5.64. The number of hydrogen-bond acceptors (Lipinski definition) is 7. The van der Waals surface area contributed by atoms with Crippen molar-refractivity contribution in [1.29, 1.82) is 0 Å². The average Bonchev–Trinajstić information content (AvgIpc) is 2.72. The van der Waals surface area contributed by atoms with E-state index >= 15 is 0 Å². The van der Waals surface area contributed by atoms with Gasteiger partial charge in [0.25, 0.3) is 0 Å². The van der Waals surface area contributed by atoms with E-state index in [0.29, 0.717) is 47.5 Å². The highest BCUT2D eigenvalue weighted by Gasteiger charge is 2.18. The molecule has 7 nitrogen and oxygen atoms in total. The molecule has 0 aliphatic rings. The third-order valence-electron chi connectivity index (χ3n) is 3.88. The second-order valence-corrected chi connectivity index (χ2v) is 5.64. The monoisotopic (exact) mass is 390 g/mol. The van der Waals surface area contributed by atoms with E-state index in [1.807, 2.05) is 19.9 Å². The van der Waals surface area contributed by atoms with Gasteiger partial charge in [0.15, 0.2) is 23.0 Å². The van der Waals surface area contributed by atoms with E-state index in [2.05, 4.69) is 0 Å². The Morgan fingerprint density at radius 3 is 1.93 bits per heavy atom. The standard InChI is InChI=1S/C21H26O7/c1-6-26-16-9-8-14(10-17(16)27-7-2)13-28-21(22)15-11-18(23-3)20(25-5)19(12-15)24-4/h8-12H,6-7,13H2,1-5H3. The summed E-state index contributed by atoms with van der Waals surface area (Å²) in [5.41, 5.74) is 1.08. The topological polar surface area (TPSA) is 72.5 Å². The molecule has 2 aromatic rings. The van der Waals surface area contributed by atoms with Crippen LogP contribution in [0.25, 0.3) is 0 Å². The molecule has 0 bridgehead atoms. The van der Waals surface area contributed by atoms with Crippen LogP contribution in [-0.2, 0) is 11.3 Å². The lowest BCUT2D eigenvalue weighted by molar-refractivity contribution is 0.0471. The van der Waals surface area contributed by atoms with E-state index in [-0.39, 0.29) is 6.61 Å². The highest BCUT2D eigenvalue weighted by Crippen LogP contribution is 2.38. The van der Waals surface area contributed by atoms with Crippen LogP contribution in [0, 0.1) is 0 Å². The van der Waals surface area contributed by atoms with Crippen LogP contribution in [0.3, 0.4) is 0 Å². The summed E-state index contributed by atoms with van der Waals surface area (Å²) in [5, 5.41) is 0. The Balaban J connectivity index is 2.16. The number of esters is 1. The summed E-state index contributed by atoms with van der Waals surface area (Å²) in [5.74, 6) is 1.94. The van der Waals surface area contributed by atoms with Crippen LogP contribution in [-0.4, -0.2) is 40.5 Å². The van der Waals surface area contributed by atoms with E-state index in [1.165, 1.54) is 21.3 Å². The van der Waals surface area contributed by atoms with Crippen LogP contribution in [0.5, 0.6) is 28.7 Å². The quantitative estimate of drug-likeness (QED) is 0.570. The van der Waals surface area contributed by atoms with Gasteiger partial charge in [-0.1, -0.05) is 6.07 Å². The Morgan fingerprint density at radius 1 is 0.786 bits per heavy atom. The van der Waals surface area contributed by atoms with Gasteiger partial charge < -0.3 is 28.4 Å². The maximum Gasteiger partial charge on any atom is 0.338 e. The predicted octanol–water partition coefficient (Wildman–Crippen LogP) is 3.87. The lowest BCUT2D eigenvalue weighted by Crippen LogP contribution is -2.07. The summed E-state index contributed by atoms with van der Waals surface area (Å²) in [7, 11) is 4.48. The minimum Gasteiger partial charge on any atom is -0.493 e. The normalized spacial score (nSPS) is 10.2. The molecule has 0 amide bonds. The highest BCUT2D eigenvalue weighted by molar-refractivity contribution is 5.91. The lowest BCUT2D eigenvalue weighted by atomic mass is 10.1. The van der Waals surface area contributed by atoms with E-state index in [0.717, 1.165) is 5.56 Å². The van der Waals surface area contributed by atoms with Crippen molar-refractivity contribution in [3.8, 4) is 28.7 Å². The van der Waals surface area contributed by atoms with Gasteiger partial charge in [-0.05, 0) is 43.7 Å². The Labute approximate surface area is 165 Å². The number of hydrogen-bond donors (Lipinski definition) is 0. The number of carbonyl (C=O) groups excluding carboxylic acids is 1. The van der Waals surface area contributed by atoms with Crippen LogP contribution < -0.4 is 23.7 Å². The number of methoxy groups -OCH3 is 3. The second kappa shape index (κ2) is 10.3. The number of rotatable bonds is 10. The molecular weight excluding hydrogens is 364 g/mol. The fourth-order valence-electron chi connectivity index (χ4n) is 2.62. The van der Waals surface area contributed by atoms with Crippen molar-refractivity contribution in [2.45, 2.75) is 20.5 Å². The first-order chi connectivity index (χ1) is 13.6. The van der Waals surface area contributed by atoms with Crippen LogP contribution in [0.1, 0.15) is 29.8 Å². The predicted molar refractivity (Wildman–Crippen MR) is 104 cm³/mol. The molecule has 7 heteroatoms. The van der Waals surface area contributed by atoms with Crippen molar-refractivity contribution < 1.29 is 33.2 Å². The van der Waals surface area contributed by atoms with Crippen LogP contribution in [0.2, 0.25) is 0 Å². The molecular formula is C21H26O7. The lowest BCUT2D eigenvalue weighted by Gasteiger charge is -2.14. The zero-order valence-electron chi connectivity index (χ0n) is 16.9. The molecule has 0 saturated heterocycles. The third-order valence-corrected chi connectivity index (χ3v) is 3.88. The van der Waals surface area contributed by atoms with Crippen molar-refractivity contribution in [1.82, 2.24) is 0 Å². The van der Waals surface area contributed by atoms with Gasteiger partial charge in [0.2, 0.25) is 5.75 Å². The van der Waals surface area contributed by atoms with Gasteiger partial charge in [-0.15, -0.1) is 0 Å². The fraction of sp³-hybridized carbons (Fsp3) is 0.381. The summed E-state index contributed by atoms with van der Waals surface area (Å²) in [6, 6.07) is 8.53. The SMILES string of the molecule is CCOc1ccc(COC(=O)c2cc(OC)c(OC)c(OC)c2)cc1OCC. The molecule has 2 aromatic carbocycles. The third kappa shape index (κ3) is 5.00. The molecule has 152 valence electrons. The zero-order valence-corrected chi connectivity index (χ0v) is 16.9. The molecule has 28 heavy (non-hydrogen) atoms. The molecule has 0 atom stereocenters. The average molecular weight is 390 g/mol. The molecule has 0 unspecified atom stereocenters. The Hall–Kier alpha value is -3.09. The maximum atomic E-state index is 12.5. The van der Waals surface area contributed by atoms with Gasteiger partial charge in [0.1, 0.15) is 6.61 Å². The number of benzene rings is 2. The van der Waals surface area contributed by atoms with E-state index in [1.54, 1.807) is 24.3 Å². The highest BCUT2D eigenvalue weighted by atomic mass is 16.5. The Morgan fingerprint density at radius 2 is 1.39 bits per heavy atom. The van der Waals surface area contributed by atoms with Gasteiger partial charge in [-0.2, -0.15) is 0 Å². The Bertz CT molecular complexity index is 776. The van der Waals surface area contributed by atoms with E-state index in [9.17, 15) is 4.79 Å². The summed E-state index contributed by atoms with van der Waals surface area (Å²) in [4.78, 5) is 12.5. The number of carbonyl (C=O) groups is 1. The first-order valence-corrected chi connectivity index (χ1v) is 8.93. The van der Waals surface area contributed by atoms with Crippen LogP contribution in [0.4, 0.5) is 0 Å². The molecule has 0 saturated carbocycles. The molecule has 0 heterocycles. The smallest absolute Gasteiger partial charge is 0.338 e. The minimum absolute atomic E-state index is 0.0853. The van der Waals surface area contributed by atoms with Gasteiger partial charge in [-0.25, -0.2) is 4.79 Å². The summed E-state index contributed by atoms with van der Waals surface area (Å²) < 4.78 is 32.4. The van der Waals surface area contributed by atoms with Gasteiger partial charge in [-0.3, -0.25) is 0 Å². The Kier molecular flexibility index (Phi) is 7.80. The molecule has 0 N–H and O–H groups in total. The largest absolute Gasteiger partial charge is 0.493 e. The van der Waals surface area contributed by atoms with Crippen LogP contribution >= 0.6 is 0 Å². The first-order valence-electron chi connectivity index (χ1n) is 8.93. The summed E-state index contributed by atoms with van der Waals surface area (Å²) >= 11 is 0. The summed E-state index contributed by atoms with van der Waals surface area (Å²) in [6.07, 6.45) is 0. The summed E-state index contributed by atoms with van der Waals surface area (Å²) in [6.45, 7) is 4.93. The minimum atomic E-state index is -0.508. The van der Waals surface area contributed by atoms with Crippen molar-refractivity contribution in [3.63, 3.8) is 0 Å². The first kappa shape index (κ1) is 21.2. The van der Waals surface area contributed by atoms with Gasteiger partial charge >= 0.3 is 5.97 Å². The van der Waals surface area contributed by atoms with Gasteiger partial charge in [0.05, 0.1) is 40.1 Å². The zero-order chi connectivity index (χ0) is 20.5. The van der Waals surface area contributed by atoms with Crippen molar-refractivity contribution in [3.05, 3.63) is 41.5 Å². The van der Waals surface area contributed by atoms with E-state index in [4.69, 9.17) is 28.4 Å². The van der Waals surface area contributed by atoms with Crippen molar-refractivity contribution in [2.24, 2.45) is 0 Å². The molecule has 0 fully saturated rings. The maximum absolute atomic E-state index is 12.5. The fourth-order valence-corrected chi connectivity index (χ4v) is 2.62. The van der Waals surface area contributed by atoms with E-state index < -0.39 is 5.97 Å². The van der Waals surface area contributed by atoms with Crippen molar-refractivity contribution >= 4 is 5.97 Å². The number of ether oxygens (including phenoxy) is 6. The molecule has 0 radical (unpaired) electrons. The van der Waals surface area contributed by atoms with Crippen molar-refractivity contribution in [2.75, 3.05) is 34.5 Å². The molecule has 2 rings (SSSR count). The van der Waals surface area contributed by atoms with Crippen LogP contribution in [0.15, 0.2) is 30.3 Å². The molecule has 0 aromatic heterocycles. The van der Waals surface area contributed by atoms with Gasteiger partial charge in [0, 0.05) is 0 Å².